The van der Waals surface area contributed by atoms with Crippen molar-refractivity contribution in [3.8, 4) is 6.07 Å². The van der Waals surface area contributed by atoms with E-state index >= 15 is 0 Å². The number of aryl methyl sites for hydroxylation is 1. The molecule has 0 spiro atoms. The van der Waals surface area contributed by atoms with E-state index in [0.29, 0.717) is 5.69 Å². The molecule has 2 aromatic heterocycles. The quantitative estimate of drug-likeness (QED) is 0.856. The molecular formula is C12H13N5. The normalized spacial score (nSPS) is 9.88. The topological polar surface area (TPSA) is 66.5 Å². The molecule has 0 aliphatic heterocycles. The molecule has 0 aromatic carbocycles. The van der Waals surface area contributed by atoms with Crippen molar-refractivity contribution >= 4 is 5.82 Å². The van der Waals surface area contributed by atoms with E-state index in [1.165, 1.54) is 0 Å². The Labute approximate surface area is 99.7 Å². The largest absolute Gasteiger partial charge is 0.370 e. The predicted octanol–water partition coefficient (Wildman–Crippen LogP) is 1.34. The molecule has 5 heteroatoms. The number of hydrogen-bond acceptors (Lipinski definition) is 4. The number of imidazole rings is 1. The molecule has 86 valence electrons. The van der Waals surface area contributed by atoms with E-state index in [4.69, 9.17) is 5.26 Å². The van der Waals surface area contributed by atoms with Crippen molar-refractivity contribution in [3.63, 3.8) is 0 Å². The molecule has 0 amide bonds. The van der Waals surface area contributed by atoms with Crippen LogP contribution in [0.5, 0.6) is 0 Å². The molecule has 2 aromatic rings. The van der Waals surface area contributed by atoms with Crippen molar-refractivity contribution < 1.29 is 0 Å². The second kappa shape index (κ2) is 5.12. The summed E-state index contributed by atoms with van der Waals surface area (Å²) in [6.45, 7) is 0.743. The summed E-state index contributed by atoms with van der Waals surface area (Å²) in [7, 11) is 1.97. The standard InChI is InChI=1S/C12H13N5/c1-17-8-7-15-12(17)5-6-14-11-4-2-3-10(9-13)16-11/h2-4,7-8H,5-6H2,1H3,(H,14,16). The van der Waals surface area contributed by atoms with Crippen LogP contribution in [0.25, 0.3) is 0 Å². The van der Waals surface area contributed by atoms with Gasteiger partial charge < -0.3 is 9.88 Å². The Balaban J connectivity index is 1.90. The average Bonchev–Trinajstić information content (AvgIpc) is 2.76. The molecule has 0 atom stereocenters. The van der Waals surface area contributed by atoms with Gasteiger partial charge in [-0.3, -0.25) is 0 Å². The molecular weight excluding hydrogens is 214 g/mol. The zero-order chi connectivity index (χ0) is 12.1. The number of nitrogens with zero attached hydrogens (tertiary/aromatic N) is 4. The van der Waals surface area contributed by atoms with Crippen LogP contribution in [-0.4, -0.2) is 21.1 Å². The lowest BCUT2D eigenvalue weighted by atomic mass is 10.3. The lowest BCUT2D eigenvalue weighted by Gasteiger charge is -2.05. The van der Waals surface area contributed by atoms with Crippen LogP contribution in [0.3, 0.4) is 0 Å². The third-order valence-electron chi connectivity index (χ3n) is 2.44. The average molecular weight is 227 g/mol. The third-order valence-corrected chi connectivity index (χ3v) is 2.44. The zero-order valence-corrected chi connectivity index (χ0v) is 9.59. The van der Waals surface area contributed by atoms with Crippen molar-refractivity contribution in [2.45, 2.75) is 6.42 Å². The van der Waals surface area contributed by atoms with Gasteiger partial charge in [0, 0.05) is 32.4 Å². The van der Waals surface area contributed by atoms with Crippen LogP contribution in [-0.2, 0) is 13.5 Å². The molecule has 0 fully saturated rings. The van der Waals surface area contributed by atoms with Gasteiger partial charge in [0.05, 0.1) is 0 Å². The Kier molecular flexibility index (Phi) is 3.36. The second-order valence-corrected chi connectivity index (χ2v) is 3.65. The van der Waals surface area contributed by atoms with E-state index in [1.54, 1.807) is 12.3 Å². The summed E-state index contributed by atoms with van der Waals surface area (Å²) < 4.78 is 1.99. The summed E-state index contributed by atoms with van der Waals surface area (Å²) >= 11 is 0. The number of pyridine rings is 1. The van der Waals surface area contributed by atoms with Gasteiger partial charge in [-0.15, -0.1) is 0 Å². The van der Waals surface area contributed by atoms with E-state index < -0.39 is 0 Å². The first-order chi connectivity index (χ1) is 8.29. The van der Waals surface area contributed by atoms with Crippen molar-refractivity contribution in [3.05, 3.63) is 42.1 Å². The minimum atomic E-state index is 0.423. The van der Waals surface area contributed by atoms with E-state index in [1.807, 2.05) is 36.0 Å². The van der Waals surface area contributed by atoms with Gasteiger partial charge >= 0.3 is 0 Å². The smallest absolute Gasteiger partial charge is 0.142 e. The summed E-state index contributed by atoms with van der Waals surface area (Å²) in [6, 6.07) is 7.36. The van der Waals surface area contributed by atoms with Crippen LogP contribution in [0, 0.1) is 11.3 Å². The maximum absolute atomic E-state index is 8.72. The Hall–Kier alpha value is -2.35. The van der Waals surface area contributed by atoms with Gasteiger partial charge in [-0.2, -0.15) is 5.26 Å². The Morgan fingerprint density at radius 3 is 3.06 bits per heavy atom. The van der Waals surface area contributed by atoms with Crippen LogP contribution in [0.15, 0.2) is 30.6 Å². The van der Waals surface area contributed by atoms with E-state index in [0.717, 1.165) is 24.6 Å². The summed E-state index contributed by atoms with van der Waals surface area (Å²) in [5, 5.41) is 11.9. The highest BCUT2D eigenvalue weighted by molar-refractivity contribution is 5.38. The van der Waals surface area contributed by atoms with Crippen LogP contribution in [0.1, 0.15) is 11.5 Å². The van der Waals surface area contributed by atoms with Gasteiger partial charge in [0.2, 0.25) is 0 Å². The van der Waals surface area contributed by atoms with Crippen LogP contribution in [0.4, 0.5) is 5.82 Å². The van der Waals surface area contributed by atoms with Gasteiger partial charge in [0.25, 0.3) is 0 Å². The first kappa shape index (κ1) is 11.1. The molecule has 1 N–H and O–H groups in total. The van der Waals surface area contributed by atoms with E-state index in [-0.39, 0.29) is 0 Å². The Morgan fingerprint density at radius 1 is 1.47 bits per heavy atom. The van der Waals surface area contributed by atoms with Gasteiger partial charge in [0.15, 0.2) is 0 Å². The first-order valence-corrected chi connectivity index (χ1v) is 5.37. The van der Waals surface area contributed by atoms with Crippen LogP contribution >= 0.6 is 0 Å². The predicted molar refractivity (Wildman–Crippen MR) is 64.4 cm³/mol. The number of nitriles is 1. The maximum Gasteiger partial charge on any atom is 0.142 e. The fourth-order valence-electron chi connectivity index (χ4n) is 1.54. The van der Waals surface area contributed by atoms with Crippen LogP contribution in [0.2, 0.25) is 0 Å². The van der Waals surface area contributed by atoms with Gasteiger partial charge in [0.1, 0.15) is 23.4 Å². The highest BCUT2D eigenvalue weighted by Gasteiger charge is 2.00. The number of anilines is 1. The Morgan fingerprint density at radius 2 is 2.35 bits per heavy atom. The lowest BCUT2D eigenvalue weighted by Crippen LogP contribution is -2.09. The molecule has 0 aliphatic carbocycles. The third kappa shape index (κ3) is 2.82. The van der Waals surface area contributed by atoms with Crippen molar-refractivity contribution in [1.82, 2.24) is 14.5 Å². The summed E-state index contributed by atoms with van der Waals surface area (Å²) in [5.74, 6) is 1.74. The summed E-state index contributed by atoms with van der Waals surface area (Å²) in [6.07, 6.45) is 4.52. The molecule has 5 nitrogen and oxygen atoms in total. The first-order valence-electron chi connectivity index (χ1n) is 5.37. The second-order valence-electron chi connectivity index (χ2n) is 3.65. The molecule has 2 heterocycles. The molecule has 0 unspecified atom stereocenters. The summed E-state index contributed by atoms with van der Waals surface area (Å²) in [4.78, 5) is 8.36. The molecule has 0 radical (unpaired) electrons. The molecule has 2 rings (SSSR count). The zero-order valence-electron chi connectivity index (χ0n) is 9.59. The van der Waals surface area contributed by atoms with Crippen LogP contribution < -0.4 is 5.32 Å². The SMILES string of the molecule is Cn1ccnc1CCNc1cccc(C#N)n1. The molecule has 0 bridgehead atoms. The lowest BCUT2D eigenvalue weighted by molar-refractivity contribution is 0.788. The van der Waals surface area contributed by atoms with Gasteiger partial charge in [-0.25, -0.2) is 9.97 Å². The summed E-state index contributed by atoms with van der Waals surface area (Å²) in [5.41, 5.74) is 0.423. The highest BCUT2D eigenvalue weighted by atomic mass is 15.0. The number of aromatic nitrogens is 3. The molecule has 0 saturated heterocycles. The Bertz CT molecular complexity index is 538. The number of nitrogens with one attached hydrogen (secondary N) is 1. The van der Waals surface area contributed by atoms with E-state index in [2.05, 4.69) is 15.3 Å². The fraction of sp³-hybridized carbons (Fsp3) is 0.250. The van der Waals surface area contributed by atoms with Crippen molar-refractivity contribution in [2.24, 2.45) is 7.05 Å². The highest BCUT2D eigenvalue weighted by Crippen LogP contribution is 2.04. The van der Waals surface area contributed by atoms with Gasteiger partial charge in [-0.05, 0) is 12.1 Å². The number of hydrogen-bond donors (Lipinski definition) is 1. The monoisotopic (exact) mass is 227 g/mol. The van der Waals surface area contributed by atoms with Crippen molar-refractivity contribution in [2.75, 3.05) is 11.9 Å². The maximum atomic E-state index is 8.72. The molecule has 0 saturated carbocycles. The van der Waals surface area contributed by atoms with Crippen molar-refractivity contribution in [1.29, 1.82) is 5.26 Å². The molecule has 0 aliphatic rings. The minimum Gasteiger partial charge on any atom is -0.370 e. The fourth-order valence-corrected chi connectivity index (χ4v) is 1.54. The van der Waals surface area contributed by atoms with Gasteiger partial charge in [-0.1, -0.05) is 6.07 Å². The number of rotatable bonds is 4. The minimum absolute atomic E-state index is 0.423. The van der Waals surface area contributed by atoms with E-state index in [9.17, 15) is 0 Å². The molecule has 17 heavy (non-hydrogen) atoms.